The molecule has 0 saturated carbocycles. The second kappa shape index (κ2) is 7.55. The van der Waals surface area contributed by atoms with Crippen LogP contribution in [0.2, 0.25) is 0 Å². The van der Waals surface area contributed by atoms with Gasteiger partial charge in [-0.2, -0.15) is 0 Å². The number of ether oxygens (including phenoxy) is 1. The average Bonchev–Trinajstić information content (AvgIpc) is 2.61. The molecule has 148 valence electrons. The zero-order valence-electron chi connectivity index (χ0n) is 14.7. The number of aryl methyl sites for hydroxylation is 1. The first kappa shape index (κ1) is 19.7. The van der Waals surface area contributed by atoms with Crippen LogP contribution >= 0.6 is 0 Å². The van der Waals surface area contributed by atoms with E-state index in [-0.39, 0.29) is 28.8 Å². The summed E-state index contributed by atoms with van der Waals surface area (Å²) in [7, 11) is -3.85. The second-order valence-corrected chi connectivity index (χ2v) is 8.27. The Balaban J connectivity index is 1.71. The highest BCUT2D eigenvalue weighted by Crippen LogP contribution is 2.33. The van der Waals surface area contributed by atoms with Crippen LogP contribution in [0.15, 0.2) is 35.2 Å². The molecule has 10 heteroatoms. The number of hydrogen-bond donors (Lipinski definition) is 2. The van der Waals surface area contributed by atoms with Crippen LogP contribution in [0.5, 0.6) is 5.75 Å². The number of anilines is 2. The Kier molecular flexibility index (Phi) is 5.32. The summed E-state index contributed by atoms with van der Waals surface area (Å²) >= 11 is 0. The van der Waals surface area contributed by atoms with Crippen molar-refractivity contribution in [2.24, 2.45) is 0 Å². The van der Waals surface area contributed by atoms with Crippen LogP contribution in [-0.4, -0.2) is 32.6 Å². The monoisotopic (exact) mass is 410 g/mol. The lowest BCUT2D eigenvalue weighted by molar-refractivity contribution is -0.118. The molecule has 0 bridgehead atoms. The van der Waals surface area contributed by atoms with Crippen LogP contribution in [-0.2, 0) is 19.4 Å². The Labute approximate surface area is 159 Å². The first-order valence-corrected chi connectivity index (χ1v) is 9.86. The zero-order valence-corrected chi connectivity index (χ0v) is 15.5. The third-order valence-corrected chi connectivity index (χ3v) is 5.90. The quantitative estimate of drug-likeness (QED) is 0.788. The van der Waals surface area contributed by atoms with E-state index in [1.807, 2.05) is 0 Å². The van der Waals surface area contributed by atoms with Crippen molar-refractivity contribution in [2.75, 3.05) is 23.0 Å². The highest BCUT2D eigenvalue weighted by atomic mass is 32.2. The number of carbonyl (C=O) groups excluding carboxylic acids is 2. The fraction of sp³-hybridized carbons (Fsp3) is 0.222. The van der Waals surface area contributed by atoms with Gasteiger partial charge in [0.1, 0.15) is 17.4 Å². The molecule has 1 aliphatic heterocycles. The molecule has 1 aliphatic rings. The lowest BCUT2D eigenvalue weighted by atomic mass is 10.2. The van der Waals surface area contributed by atoms with E-state index >= 15 is 0 Å². The maximum Gasteiger partial charge on any atom is 0.262 e. The minimum Gasteiger partial charge on any atom is -0.482 e. The molecule has 2 aromatic rings. The van der Waals surface area contributed by atoms with E-state index in [4.69, 9.17) is 4.74 Å². The predicted octanol–water partition coefficient (Wildman–Crippen LogP) is 2.41. The number of carbonyl (C=O) groups is 2. The van der Waals surface area contributed by atoms with Gasteiger partial charge in [0.15, 0.2) is 16.4 Å². The maximum atomic E-state index is 13.6. The fourth-order valence-corrected chi connectivity index (χ4v) is 4.20. The van der Waals surface area contributed by atoms with Crippen LogP contribution in [0.25, 0.3) is 0 Å². The molecule has 3 rings (SSSR count). The molecule has 0 unspecified atom stereocenters. The maximum absolute atomic E-state index is 13.6. The lowest BCUT2D eigenvalue weighted by Gasteiger charge is -2.20. The summed E-state index contributed by atoms with van der Waals surface area (Å²) < 4.78 is 56.9. The van der Waals surface area contributed by atoms with Crippen molar-refractivity contribution < 1.29 is 31.5 Å². The number of amides is 2. The van der Waals surface area contributed by atoms with Crippen LogP contribution in [0, 0.1) is 18.6 Å². The van der Waals surface area contributed by atoms with Crippen LogP contribution in [0.3, 0.4) is 0 Å². The average molecular weight is 410 g/mol. The minimum atomic E-state index is -3.85. The van der Waals surface area contributed by atoms with E-state index in [2.05, 4.69) is 10.6 Å². The lowest BCUT2D eigenvalue weighted by Crippen LogP contribution is -2.26. The largest absolute Gasteiger partial charge is 0.482 e. The number of sulfone groups is 1. The number of hydrogen-bond acceptors (Lipinski definition) is 5. The van der Waals surface area contributed by atoms with Crippen molar-refractivity contribution in [3.8, 4) is 5.75 Å². The van der Waals surface area contributed by atoms with Crippen molar-refractivity contribution in [3.05, 3.63) is 47.5 Å². The topological polar surface area (TPSA) is 102 Å². The number of rotatable bonds is 5. The van der Waals surface area contributed by atoms with Crippen LogP contribution in [0.1, 0.15) is 12.0 Å². The van der Waals surface area contributed by atoms with Gasteiger partial charge in [0.2, 0.25) is 5.91 Å². The molecule has 0 atom stereocenters. The van der Waals surface area contributed by atoms with Gasteiger partial charge in [-0.15, -0.1) is 0 Å². The van der Waals surface area contributed by atoms with E-state index in [9.17, 15) is 26.8 Å². The third kappa shape index (κ3) is 4.28. The van der Waals surface area contributed by atoms with E-state index in [0.29, 0.717) is 17.3 Å². The van der Waals surface area contributed by atoms with Gasteiger partial charge < -0.3 is 15.4 Å². The first-order chi connectivity index (χ1) is 13.2. The van der Waals surface area contributed by atoms with Crippen molar-refractivity contribution in [1.29, 1.82) is 0 Å². The number of fused-ring (bicyclic) bond motifs is 1. The molecule has 0 spiro atoms. The van der Waals surface area contributed by atoms with Gasteiger partial charge in [-0.3, -0.25) is 9.59 Å². The SMILES string of the molecule is Cc1cc2c(cc1S(=O)(=O)CCC(=O)Nc1ccc(F)cc1F)OCC(=O)N2. The van der Waals surface area contributed by atoms with Crippen molar-refractivity contribution >= 4 is 33.0 Å². The molecule has 0 radical (unpaired) electrons. The molecule has 28 heavy (non-hydrogen) atoms. The Hall–Kier alpha value is -3.01. The number of benzene rings is 2. The van der Waals surface area contributed by atoms with E-state index in [0.717, 1.165) is 12.1 Å². The van der Waals surface area contributed by atoms with E-state index in [1.165, 1.54) is 12.1 Å². The second-order valence-electron chi connectivity index (χ2n) is 6.19. The highest BCUT2D eigenvalue weighted by molar-refractivity contribution is 7.91. The van der Waals surface area contributed by atoms with Crippen LogP contribution < -0.4 is 15.4 Å². The summed E-state index contributed by atoms with van der Waals surface area (Å²) in [6.07, 6.45) is -0.423. The number of halogens is 2. The molecule has 0 saturated heterocycles. The van der Waals surface area contributed by atoms with Gasteiger partial charge in [0, 0.05) is 18.6 Å². The third-order valence-electron chi connectivity index (χ3n) is 4.05. The summed E-state index contributed by atoms with van der Waals surface area (Å²) in [5, 5.41) is 4.79. The highest BCUT2D eigenvalue weighted by Gasteiger charge is 2.24. The summed E-state index contributed by atoms with van der Waals surface area (Å²) in [5.74, 6) is -3.12. The van der Waals surface area contributed by atoms with Crippen molar-refractivity contribution in [1.82, 2.24) is 0 Å². The Bertz CT molecular complexity index is 1070. The number of nitrogens with one attached hydrogen (secondary N) is 2. The van der Waals surface area contributed by atoms with Gasteiger partial charge in [0.25, 0.3) is 5.91 Å². The zero-order chi connectivity index (χ0) is 20.5. The van der Waals surface area contributed by atoms with E-state index < -0.39 is 39.6 Å². The van der Waals surface area contributed by atoms with Gasteiger partial charge >= 0.3 is 0 Å². The minimum absolute atomic E-state index is 0.0249. The van der Waals surface area contributed by atoms with Gasteiger partial charge in [-0.05, 0) is 30.7 Å². The molecule has 0 fully saturated rings. The summed E-state index contributed by atoms with van der Waals surface area (Å²) in [6, 6.07) is 5.42. The molecule has 2 N–H and O–H groups in total. The van der Waals surface area contributed by atoms with Crippen molar-refractivity contribution in [2.45, 2.75) is 18.2 Å². The Morgan fingerprint density at radius 3 is 2.71 bits per heavy atom. The Morgan fingerprint density at radius 1 is 1.25 bits per heavy atom. The molecule has 2 amide bonds. The smallest absolute Gasteiger partial charge is 0.262 e. The molecular weight excluding hydrogens is 394 g/mol. The van der Waals surface area contributed by atoms with Gasteiger partial charge in [-0.25, -0.2) is 17.2 Å². The molecular formula is C18H16F2N2O5S. The van der Waals surface area contributed by atoms with Gasteiger partial charge in [-0.1, -0.05) is 0 Å². The van der Waals surface area contributed by atoms with Gasteiger partial charge in [0.05, 0.1) is 22.0 Å². The summed E-state index contributed by atoms with van der Waals surface area (Å²) in [5.41, 5.74) is 0.518. The molecule has 1 heterocycles. The van der Waals surface area contributed by atoms with Crippen LogP contribution in [0.4, 0.5) is 20.2 Å². The molecule has 0 aromatic heterocycles. The molecule has 0 aliphatic carbocycles. The summed E-state index contributed by atoms with van der Waals surface area (Å²) in [6.45, 7) is 1.34. The summed E-state index contributed by atoms with van der Waals surface area (Å²) in [4.78, 5) is 23.3. The van der Waals surface area contributed by atoms with Crippen molar-refractivity contribution in [3.63, 3.8) is 0 Å². The first-order valence-electron chi connectivity index (χ1n) is 8.20. The Morgan fingerprint density at radius 2 is 2.00 bits per heavy atom. The normalized spacial score (nSPS) is 13.3. The fourth-order valence-electron chi connectivity index (χ4n) is 2.69. The molecule has 2 aromatic carbocycles. The standard InChI is InChI=1S/C18H16F2N2O5S/c1-10-6-14-15(27-9-18(24)22-14)8-16(10)28(25,26)5-4-17(23)21-13-3-2-11(19)7-12(13)20/h2-3,6-8H,4-5,9H2,1H3,(H,21,23)(H,22,24). The molecule has 7 nitrogen and oxygen atoms in total. The van der Waals surface area contributed by atoms with E-state index in [1.54, 1.807) is 6.92 Å². The predicted molar refractivity (Wildman–Crippen MR) is 97.0 cm³/mol.